The lowest BCUT2D eigenvalue weighted by Gasteiger charge is -2.34. The third-order valence-corrected chi connectivity index (χ3v) is 4.19. The van der Waals surface area contributed by atoms with Gasteiger partial charge in [0.2, 0.25) is 5.85 Å². The number of aromatic nitrogens is 2. The maximum atomic E-state index is 12.2. The quantitative estimate of drug-likeness (QED) is 0.423. The van der Waals surface area contributed by atoms with E-state index in [4.69, 9.17) is 4.74 Å². The molecule has 1 saturated heterocycles. The molecule has 0 aliphatic carbocycles. The molecule has 9 nitrogen and oxygen atoms in total. The van der Waals surface area contributed by atoms with E-state index in [0.29, 0.717) is 0 Å². The number of aliphatic hydroxyl groups excluding tert-OH is 3. The average Bonchev–Trinajstić information content (AvgIpc) is 2.86. The van der Waals surface area contributed by atoms with Crippen molar-refractivity contribution in [1.29, 1.82) is 0 Å². The zero-order valence-corrected chi connectivity index (χ0v) is 13.2. The first-order valence-corrected chi connectivity index (χ1v) is 7.74. The van der Waals surface area contributed by atoms with Crippen LogP contribution < -0.4 is 16.6 Å². The molecule has 25 heavy (non-hydrogen) atoms. The van der Waals surface area contributed by atoms with E-state index in [9.17, 15) is 24.9 Å². The Labute approximate surface area is 142 Å². The lowest BCUT2D eigenvalue weighted by atomic mass is 10.1. The van der Waals surface area contributed by atoms with Crippen LogP contribution in [0.15, 0.2) is 52.2 Å². The molecule has 3 rings (SSSR count). The summed E-state index contributed by atoms with van der Waals surface area (Å²) in [5.41, 5.74) is -0.582. The molecule has 1 fully saturated rings. The molecule has 9 heteroatoms. The predicted molar refractivity (Wildman–Crippen MR) is 86.6 cm³/mol. The highest BCUT2D eigenvalue weighted by molar-refractivity contribution is 5.15. The molecule has 0 spiro atoms. The summed E-state index contributed by atoms with van der Waals surface area (Å²) >= 11 is 0. The van der Waals surface area contributed by atoms with Crippen molar-refractivity contribution >= 4 is 0 Å². The fourth-order valence-corrected chi connectivity index (χ4v) is 2.88. The number of rotatable bonds is 5. The van der Waals surface area contributed by atoms with Crippen molar-refractivity contribution in [2.24, 2.45) is 0 Å². The van der Waals surface area contributed by atoms with Crippen molar-refractivity contribution in [3.05, 3.63) is 69.0 Å². The molecular formula is C16H19N3O6. The summed E-state index contributed by atoms with van der Waals surface area (Å²) in [4.78, 5) is 25.6. The van der Waals surface area contributed by atoms with Crippen molar-refractivity contribution in [2.75, 3.05) is 6.61 Å². The number of benzene rings is 1. The highest BCUT2D eigenvalue weighted by atomic mass is 16.6. The molecule has 5 N–H and O–H groups in total. The zero-order chi connectivity index (χ0) is 18.0. The molecule has 0 unspecified atom stereocenters. The first-order valence-electron chi connectivity index (χ1n) is 7.74. The van der Waals surface area contributed by atoms with E-state index < -0.39 is 42.0 Å². The molecule has 1 aliphatic heterocycles. The van der Waals surface area contributed by atoms with Gasteiger partial charge in [-0.15, -0.1) is 0 Å². The van der Waals surface area contributed by atoms with Crippen molar-refractivity contribution in [2.45, 2.75) is 30.7 Å². The monoisotopic (exact) mass is 349 g/mol. The van der Waals surface area contributed by atoms with Crippen LogP contribution in [0.3, 0.4) is 0 Å². The number of hydrogen-bond acceptors (Lipinski definition) is 7. The van der Waals surface area contributed by atoms with E-state index in [2.05, 4.69) is 10.3 Å². The Morgan fingerprint density at radius 1 is 1.20 bits per heavy atom. The molecule has 0 radical (unpaired) electrons. The Kier molecular flexibility index (Phi) is 4.84. The first-order chi connectivity index (χ1) is 12.0. The molecule has 0 amide bonds. The molecule has 2 aromatic rings. The molecule has 1 aliphatic rings. The van der Waals surface area contributed by atoms with Crippen LogP contribution in [0.1, 0.15) is 5.56 Å². The molecule has 2 heterocycles. The fourth-order valence-electron chi connectivity index (χ4n) is 2.88. The summed E-state index contributed by atoms with van der Waals surface area (Å²) in [6.07, 6.45) is -2.92. The summed E-state index contributed by atoms with van der Waals surface area (Å²) in [5.74, 6) is -1.84. The second-order valence-electron chi connectivity index (χ2n) is 5.79. The number of H-pyrrole nitrogens is 1. The van der Waals surface area contributed by atoms with E-state index in [1.54, 1.807) is 0 Å². The Morgan fingerprint density at radius 3 is 2.52 bits per heavy atom. The second-order valence-corrected chi connectivity index (χ2v) is 5.79. The number of hydrogen-bond donors (Lipinski definition) is 5. The number of ether oxygens (including phenoxy) is 1. The highest BCUT2D eigenvalue weighted by Gasteiger charge is 2.55. The van der Waals surface area contributed by atoms with Crippen LogP contribution in [0.25, 0.3) is 0 Å². The van der Waals surface area contributed by atoms with Crippen LogP contribution in [0.5, 0.6) is 0 Å². The Balaban J connectivity index is 2.02. The molecule has 134 valence electrons. The summed E-state index contributed by atoms with van der Waals surface area (Å²) in [6, 6.07) is 10.3. The van der Waals surface area contributed by atoms with Gasteiger partial charge in [-0.3, -0.25) is 19.7 Å². The largest absolute Gasteiger partial charge is 0.394 e. The van der Waals surface area contributed by atoms with Gasteiger partial charge in [-0.2, -0.15) is 0 Å². The third-order valence-electron chi connectivity index (χ3n) is 4.19. The molecule has 0 bridgehead atoms. The van der Waals surface area contributed by atoms with Gasteiger partial charge in [0, 0.05) is 18.8 Å². The van der Waals surface area contributed by atoms with Crippen molar-refractivity contribution in [3.63, 3.8) is 0 Å². The molecule has 4 atom stereocenters. The van der Waals surface area contributed by atoms with Gasteiger partial charge in [-0.25, -0.2) is 4.79 Å². The van der Waals surface area contributed by atoms with Gasteiger partial charge >= 0.3 is 5.69 Å². The number of nitrogens with zero attached hydrogens (tertiary/aromatic N) is 1. The maximum Gasteiger partial charge on any atom is 0.331 e. The lowest BCUT2D eigenvalue weighted by molar-refractivity contribution is -0.174. The molecule has 0 saturated carbocycles. The van der Waals surface area contributed by atoms with E-state index in [0.717, 1.165) is 22.4 Å². The van der Waals surface area contributed by atoms with Gasteiger partial charge in [0.1, 0.15) is 18.3 Å². The lowest BCUT2D eigenvalue weighted by Crippen LogP contribution is -2.60. The number of aliphatic hydroxyl groups is 3. The van der Waals surface area contributed by atoms with Crippen LogP contribution in [0.2, 0.25) is 0 Å². The van der Waals surface area contributed by atoms with E-state index in [-0.39, 0.29) is 6.54 Å². The fraction of sp³-hybridized carbons (Fsp3) is 0.375. The smallest absolute Gasteiger partial charge is 0.331 e. The zero-order valence-electron chi connectivity index (χ0n) is 13.2. The molecular weight excluding hydrogens is 330 g/mol. The Hall–Kier alpha value is -2.30. The normalized spacial score (nSPS) is 29.0. The highest BCUT2D eigenvalue weighted by Crippen LogP contribution is 2.32. The van der Waals surface area contributed by atoms with Gasteiger partial charge in [-0.05, 0) is 5.56 Å². The number of aromatic amines is 1. The van der Waals surface area contributed by atoms with Crippen molar-refractivity contribution in [3.8, 4) is 0 Å². The SMILES string of the molecule is O=c1ccn([C@]2(NCc3ccccc3)O[C@H](CO)[C@@H](O)[C@H]2O)c(=O)[nH]1. The minimum absolute atomic E-state index is 0.203. The van der Waals surface area contributed by atoms with Crippen LogP contribution in [0, 0.1) is 0 Å². The summed E-state index contributed by atoms with van der Waals surface area (Å²) in [6.45, 7) is -0.348. The van der Waals surface area contributed by atoms with Crippen LogP contribution in [-0.4, -0.2) is 49.8 Å². The standard InChI is InChI=1S/C16H19N3O6/c20-9-11-13(22)14(23)16(25-11,17-8-10-4-2-1-3-5-10)19-7-6-12(21)18-15(19)24/h1-7,11,13-14,17,20,22-23H,8-9H2,(H,18,21,24)/t11-,13-,14-,16+/m1/s1. The summed E-state index contributed by atoms with van der Waals surface area (Å²) < 4.78 is 6.59. The van der Waals surface area contributed by atoms with Crippen molar-refractivity contribution in [1.82, 2.24) is 14.9 Å². The second kappa shape index (κ2) is 6.90. The van der Waals surface area contributed by atoms with Gasteiger partial charge in [0.05, 0.1) is 6.61 Å². The van der Waals surface area contributed by atoms with E-state index >= 15 is 0 Å². The van der Waals surface area contributed by atoms with Gasteiger partial charge in [-0.1, -0.05) is 30.3 Å². The van der Waals surface area contributed by atoms with Gasteiger partial charge in [0.15, 0.2) is 0 Å². The van der Waals surface area contributed by atoms with Crippen LogP contribution in [0.4, 0.5) is 0 Å². The van der Waals surface area contributed by atoms with Crippen LogP contribution >= 0.6 is 0 Å². The summed E-state index contributed by atoms with van der Waals surface area (Å²) in [5, 5.41) is 33.0. The first kappa shape index (κ1) is 17.5. The molecule has 1 aromatic heterocycles. The number of nitrogens with one attached hydrogen (secondary N) is 2. The topological polar surface area (TPSA) is 137 Å². The Morgan fingerprint density at radius 2 is 1.92 bits per heavy atom. The minimum Gasteiger partial charge on any atom is -0.394 e. The Bertz CT molecular complexity index is 836. The van der Waals surface area contributed by atoms with Gasteiger partial charge < -0.3 is 20.1 Å². The van der Waals surface area contributed by atoms with Crippen LogP contribution in [-0.2, 0) is 17.1 Å². The average molecular weight is 349 g/mol. The third kappa shape index (κ3) is 3.15. The summed E-state index contributed by atoms with van der Waals surface area (Å²) in [7, 11) is 0. The van der Waals surface area contributed by atoms with E-state index in [1.165, 1.54) is 0 Å². The minimum atomic E-state index is -1.84. The van der Waals surface area contributed by atoms with E-state index in [1.807, 2.05) is 30.3 Å². The van der Waals surface area contributed by atoms with Crippen molar-refractivity contribution < 1.29 is 20.1 Å². The predicted octanol–water partition coefficient (Wildman–Crippen LogP) is -1.95. The maximum absolute atomic E-state index is 12.2. The molecule has 1 aromatic carbocycles. The van der Waals surface area contributed by atoms with Gasteiger partial charge in [0.25, 0.3) is 5.56 Å².